The first-order chi connectivity index (χ1) is 14.6. The third-order valence-electron chi connectivity index (χ3n) is 5.52. The van der Waals surface area contributed by atoms with E-state index in [0.717, 1.165) is 16.5 Å². The predicted molar refractivity (Wildman–Crippen MR) is 113 cm³/mol. The van der Waals surface area contributed by atoms with Crippen molar-refractivity contribution in [2.24, 2.45) is 5.92 Å². The monoisotopic (exact) mass is 433 g/mol. The van der Waals surface area contributed by atoms with Crippen molar-refractivity contribution in [2.75, 3.05) is 6.54 Å². The summed E-state index contributed by atoms with van der Waals surface area (Å²) < 4.78 is 38.8. The molecule has 3 rings (SSSR count). The molecule has 1 heterocycles. The third-order valence-corrected chi connectivity index (χ3v) is 5.52. The van der Waals surface area contributed by atoms with Gasteiger partial charge in [0.25, 0.3) is 5.91 Å². The first-order valence-corrected chi connectivity index (χ1v) is 10.4. The van der Waals surface area contributed by atoms with Crippen LogP contribution in [0.3, 0.4) is 0 Å². The molecule has 0 saturated carbocycles. The zero-order valence-corrected chi connectivity index (χ0v) is 17.6. The van der Waals surface area contributed by atoms with Crippen molar-refractivity contribution in [3.63, 3.8) is 0 Å². The highest BCUT2D eigenvalue weighted by Gasteiger charge is 2.39. The number of para-hydroxylation sites is 1. The number of carbonyl (C=O) groups is 2. The molecule has 1 aliphatic rings. The van der Waals surface area contributed by atoms with E-state index < -0.39 is 12.1 Å². The van der Waals surface area contributed by atoms with E-state index in [4.69, 9.17) is 0 Å². The van der Waals surface area contributed by atoms with E-state index >= 15 is 0 Å². The second-order valence-corrected chi connectivity index (χ2v) is 7.99. The molecule has 2 atom stereocenters. The van der Waals surface area contributed by atoms with Gasteiger partial charge in [0.05, 0.1) is 17.0 Å². The maximum atomic E-state index is 12.9. The Bertz CT molecular complexity index is 1000. The third kappa shape index (κ3) is 5.83. The lowest BCUT2D eigenvalue weighted by Crippen LogP contribution is -2.35. The van der Waals surface area contributed by atoms with E-state index in [1.165, 1.54) is 13.1 Å². The van der Waals surface area contributed by atoms with Crippen LogP contribution < -0.4 is 10.6 Å². The highest BCUT2D eigenvalue weighted by molar-refractivity contribution is 5.99. The molecule has 1 aromatic carbocycles. The average Bonchev–Trinajstić information content (AvgIpc) is 2.72. The summed E-state index contributed by atoms with van der Waals surface area (Å²) in [6.45, 7) is 3.77. The van der Waals surface area contributed by atoms with Crippen LogP contribution in [0.4, 0.5) is 13.2 Å². The molecular formula is C23H26F3N3O2. The van der Waals surface area contributed by atoms with Crippen LogP contribution in [-0.4, -0.2) is 35.6 Å². The van der Waals surface area contributed by atoms with E-state index in [-0.39, 0.29) is 30.7 Å². The van der Waals surface area contributed by atoms with Crippen molar-refractivity contribution in [1.29, 1.82) is 0 Å². The molecule has 0 bridgehead atoms. The Labute approximate surface area is 179 Å². The van der Waals surface area contributed by atoms with Crippen LogP contribution >= 0.6 is 0 Å². The van der Waals surface area contributed by atoms with Gasteiger partial charge in [-0.25, -0.2) is 0 Å². The summed E-state index contributed by atoms with van der Waals surface area (Å²) in [7, 11) is 0. The number of benzene rings is 1. The zero-order valence-electron chi connectivity index (χ0n) is 17.6. The molecule has 2 amide bonds. The normalized spacial score (nSPS) is 17.7. The summed E-state index contributed by atoms with van der Waals surface area (Å²) in [5.74, 6) is -1.67. The summed E-state index contributed by atoms with van der Waals surface area (Å²) in [5, 5.41) is 6.33. The Balaban J connectivity index is 1.74. The molecule has 166 valence electrons. The molecule has 0 saturated heterocycles. The zero-order chi connectivity index (χ0) is 22.6. The lowest BCUT2D eigenvalue weighted by Gasteiger charge is -2.24. The number of nitrogens with zero attached hydrogens (tertiary/aromatic N) is 1. The first-order valence-electron chi connectivity index (χ1n) is 10.4. The van der Waals surface area contributed by atoms with E-state index in [2.05, 4.69) is 15.6 Å². The van der Waals surface area contributed by atoms with Gasteiger partial charge in [-0.3, -0.25) is 14.6 Å². The summed E-state index contributed by atoms with van der Waals surface area (Å²) in [4.78, 5) is 27.9. The fourth-order valence-corrected chi connectivity index (χ4v) is 3.76. The average molecular weight is 433 g/mol. The molecule has 0 spiro atoms. The molecule has 31 heavy (non-hydrogen) atoms. The van der Waals surface area contributed by atoms with Gasteiger partial charge >= 0.3 is 6.18 Å². The van der Waals surface area contributed by atoms with Crippen LogP contribution in [0.1, 0.15) is 55.5 Å². The maximum Gasteiger partial charge on any atom is 0.392 e. The van der Waals surface area contributed by atoms with Crippen molar-refractivity contribution in [2.45, 2.75) is 51.7 Å². The summed E-state index contributed by atoms with van der Waals surface area (Å²) >= 11 is 0. The number of rotatable bonds is 6. The lowest BCUT2D eigenvalue weighted by molar-refractivity contribution is -0.175. The van der Waals surface area contributed by atoms with Crippen LogP contribution in [0.25, 0.3) is 16.5 Å². The number of alkyl halides is 3. The Kier molecular flexibility index (Phi) is 6.97. The summed E-state index contributed by atoms with van der Waals surface area (Å²) in [6, 6.07) is 7.14. The minimum Gasteiger partial charge on any atom is -0.356 e. The van der Waals surface area contributed by atoms with Gasteiger partial charge in [-0.1, -0.05) is 24.3 Å². The van der Waals surface area contributed by atoms with Crippen molar-refractivity contribution in [3.05, 3.63) is 47.7 Å². The number of hydrogen-bond donors (Lipinski definition) is 2. The molecule has 1 unspecified atom stereocenters. The van der Waals surface area contributed by atoms with E-state index in [9.17, 15) is 22.8 Å². The number of pyridine rings is 1. The standard InChI is InChI=1S/C23H26F3N3O2/c1-14(10-11-27-15(2)30)29-22(31)18-12-17-4-3-5-20(21(17)28-13-18)16-6-8-19(9-7-16)23(24,25)26/h3-6,12-14,19H,7-11H2,1-2H3,(H,27,30)(H,29,31)/t14-,19?/m1/s1. The molecule has 2 aromatic rings. The Morgan fingerprint density at radius 2 is 2.06 bits per heavy atom. The van der Waals surface area contributed by atoms with Gasteiger partial charge in [-0.05, 0) is 44.2 Å². The summed E-state index contributed by atoms with van der Waals surface area (Å²) in [5.41, 5.74) is 2.76. The van der Waals surface area contributed by atoms with Crippen molar-refractivity contribution < 1.29 is 22.8 Å². The molecule has 1 aliphatic carbocycles. The molecular weight excluding hydrogens is 407 g/mol. The Morgan fingerprint density at radius 1 is 1.29 bits per heavy atom. The fourth-order valence-electron chi connectivity index (χ4n) is 3.76. The maximum absolute atomic E-state index is 12.9. The number of aromatic nitrogens is 1. The number of fused-ring (bicyclic) bond motifs is 1. The predicted octanol–water partition coefficient (Wildman–Crippen LogP) is 4.63. The largest absolute Gasteiger partial charge is 0.392 e. The van der Waals surface area contributed by atoms with Crippen molar-refractivity contribution in [3.8, 4) is 0 Å². The number of carbonyl (C=O) groups excluding carboxylic acids is 2. The fraction of sp³-hybridized carbons (Fsp3) is 0.435. The Morgan fingerprint density at radius 3 is 2.71 bits per heavy atom. The molecule has 1 aromatic heterocycles. The van der Waals surface area contributed by atoms with E-state index in [1.807, 2.05) is 25.1 Å². The van der Waals surface area contributed by atoms with E-state index in [0.29, 0.717) is 30.5 Å². The van der Waals surface area contributed by atoms with Gasteiger partial charge in [0.1, 0.15) is 0 Å². The number of nitrogens with one attached hydrogen (secondary N) is 2. The first kappa shape index (κ1) is 22.8. The van der Waals surface area contributed by atoms with Gasteiger partial charge < -0.3 is 10.6 Å². The van der Waals surface area contributed by atoms with Crippen molar-refractivity contribution in [1.82, 2.24) is 15.6 Å². The second-order valence-electron chi connectivity index (χ2n) is 7.99. The molecule has 0 aliphatic heterocycles. The molecule has 2 N–H and O–H groups in total. The van der Waals surface area contributed by atoms with Crippen LogP contribution in [0.15, 0.2) is 36.5 Å². The minimum absolute atomic E-state index is 0.0217. The van der Waals surface area contributed by atoms with Gasteiger partial charge in [-0.15, -0.1) is 0 Å². The van der Waals surface area contributed by atoms with Gasteiger partial charge in [0, 0.05) is 36.7 Å². The highest BCUT2D eigenvalue weighted by Crippen LogP contribution is 2.40. The number of hydrogen-bond acceptors (Lipinski definition) is 3. The van der Waals surface area contributed by atoms with Gasteiger partial charge in [-0.2, -0.15) is 13.2 Å². The highest BCUT2D eigenvalue weighted by atomic mass is 19.4. The molecule has 8 heteroatoms. The summed E-state index contributed by atoms with van der Waals surface area (Å²) in [6.07, 6.45) is -0.0170. The van der Waals surface area contributed by atoms with Crippen molar-refractivity contribution >= 4 is 28.3 Å². The van der Waals surface area contributed by atoms with Crippen LogP contribution in [0, 0.1) is 5.92 Å². The lowest BCUT2D eigenvalue weighted by atomic mass is 9.85. The number of allylic oxidation sites excluding steroid dienone is 2. The molecule has 0 fully saturated rings. The number of amides is 2. The molecule has 5 nitrogen and oxygen atoms in total. The minimum atomic E-state index is -4.17. The number of halogens is 3. The SMILES string of the molecule is CC(=O)NCC[C@@H](C)NC(=O)c1cnc2c(C3=CCC(C(F)(F)F)CC3)cccc2c1. The van der Waals surface area contributed by atoms with Crippen LogP contribution in [-0.2, 0) is 4.79 Å². The molecule has 0 radical (unpaired) electrons. The van der Waals surface area contributed by atoms with E-state index in [1.54, 1.807) is 12.1 Å². The smallest absolute Gasteiger partial charge is 0.356 e. The quantitative estimate of drug-likeness (QED) is 0.698. The Hall–Kier alpha value is -2.90. The van der Waals surface area contributed by atoms with Crippen LogP contribution in [0.2, 0.25) is 0 Å². The van der Waals surface area contributed by atoms with Gasteiger partial charge in [0.2, 0.25) is 5.91 Å². The van der Waals surface area contributed by atoms with Gasteiger partial charge in [0.15, 0.2) is 0 Å². The second kappa shape index (κ2) is 9.49. The van der Waals surface area contributed by atoms with Crippen LogP contribution in [0.5, 0.6) is 0 Å². The topological polar surface area (TPSA) is 71.1 Å².